The van der Waals surface area contributed by atoms with E-state index in [1.165, 1.54) is 24.3 Å². The number of phenols is 2. The molecule has 2 aromatic carbocycles. The number of aromatic carboxylic acids is 2. The third-order valence-electron chi connectivity index (χ3n) is 2.76. The first-order valence-corrected chi connectivity index (χ1v) is 5.53. The molecular weight excluding hydrogens is 287 g/mol. The van der Waals surface area contributed by atoms with Crippen LogP contribution in [0.1, 0.15) is 22.1 Å². The summed E-state index contributed by atoms with van der Waals surface area (Å²) in [6.07, 6.45) is 0. The van der Waals surface area contributed by atoms with Gasteiger partial charge in [-0.3, -0.25) is 0 Å². The molecule has 104 valence electrons. The molecule has 0 amide bonds. The number of hydrogen-bond acceptors (Lipinski definition) is 4. The van der Waals surface area contributed by atoms with E-state index in [1.54, 1.807) is 0 Å². The van der Waals surface area contributed by atoms with Gasteiger partial charge in [0.1, 0.15) is 11.5 Å². The number of carbonyl (C=O) groups is 2. The van der Waals surface area contributed by atoms with Crippen LogP contribution in [0.3, 0.4) is 0 Å². The van der Waals surface area contributed by atoms with Crippen molar-refractivity contribution in [3.05, 3.63) is 47.5 Å². The van der Waals surface area contributed by atoms with E-state index in [9.17, 15) is 19.8 Å². The Hall–Kier alpha value is -2.02. The van der Waals surface area contributed by atoms with Gasteiger partial charge in [0.2, 0.25) is 0 Å². The molecule has 0 spiro atoms. The Morgan fingerprint density at radius 1 is 0.762 bits per heavy atom. The van der Waals surface area contributed by atoms with Crippen LogP contribution in [-0.4, -0.2) is 32.4 Å². The van der Waals surface area contributed by atoms with Crippen LogP contribution >= 0.6 is 0 Å². The molecule has 0 atom stereocenters. The largest absolute Gasteiger partial charge is 1.00 e. The smallest absolute Gasteiger partial charge is 1.00 e. The molecule has 0 unspecified atom stereocenters. The van der Waals surface area contributed by atoms with E-state index in [1.807, 2.05) is 0 Å². The summed E-state index contributed by atoms with van der Waals surface area (Å²) < 4.78 is 0. The van der Waals surface area contributed by atoms with Gasteiger partial charge < -0.3 is 21.9 Å². The van der Waals surface area contributed by atoms with Crippen LogP contribution in [0.2, 0.25) is 0 Å². The van der Waals surface area contributed by atoms with Crippen molar-refractivity contribution in [2.75, 3.05) is 0 Å². The minimum absolute atomic E-state index is 0. The zero-order valence-corrected chi connectivity index (χ0v) is 13.1. The molecule has 0 aromatic heterocycles. The topological polar surface area (TPSA) is 115 Å². The SMILES string of the molecule is O=C(O)c1cc(O)ccc1-c1ccc(O)cc1C(=O)O.[H-].[Na+]. The van der Waals surface area contributed by atoms with Crippen molar-refractivity contribution in [3.8, 4) is 22.6 Å². The van der Waals surface area contributed by atoms with Gasteiger partial charge in [0.05, 0.1) is 11.1 Å². The summed E-state index contributed by atoms with van der Waals surface area (Å²) >= 11 is 0. The fraction of sp³-hybridized carbons (Fsp3) is 0. The maximum absolute atomic E-state index is 11.2. The summed E-state index contributed by atoms with van der Waals surface area (Å²) in [6, 6.07) is 7.24. The fourth-order valence-electron chi connectivity index (χ4n) is 1.89. The molecule has 6 nitrogen and oxygen atoms in total. The van der Waals surface area contributed by atoms with Crippen molar-refractivity contribution in [1.82, 2.24) is 0 Å². The number of phenolic OH excluding ortho intramolecular Hbond substituents is 2. The summed E-state index contributed by atoms with van der Waals surface area (Å²) in [5.74, 6) is -3.05. The number of carboxylic acid groups (broad SMARTS) is 2. The van der Waals surface area contributed by atoms with Crippen molar-refractivity contribution in [3.63, 3.8) is 0 Å². The van der Waals surface area contributed by atoms with Crippen LogP contribution in [-0.2, 0) is 0 Å². The van der Waals surface area contributed by atoms with Gasteiger partial charge in [-0.2, -0.15) is 0 Å². The molecule has 0 fully saturated rings. The van der Waals surface area contributed by atoms with Gasteiger partial charge >= 0.3 is 41.5 Å². The molecule has 4 N–H and O–H groups in total. The van der Waals surface area contributed by atoms with Crippen LogP contribution < -0.4 is 29.6 Å². The van der Waals surface area contributed by atoms with Crippen molar-refractivity contribution in [1.29, 1.82) is 0 Å². The minimum atomic E-state index is -1.29. The summed E-state index contributed by atoms with van der Waals surface area (Å²) in [5, 5.41) is 36.9. The van der Waals surface area contributed by atoms with E-state index in [2.05, 4.69) is 0 Å². The Morgan fingerprint density at radius 3 is 1.38 bits per heavy atom. The van der Waals surface area contributed by atoms with Crippen molar-refractivity contribution >= 4 is 11.9 Å². The summed E-state index contributed by atoms with van der Waals surface area (Å²) in [7, 11) is 0. The Kier molecular flexibility index (Phi) is 5.37. The molecule has 0 heterocycles. The van der Waals surface area contributed by atoms with Crippen LogP contribution in [0.5, 0.6) is 11.5 Å². The molecular formula is C14H11NaO6. The van der Waals surface area contributed by atoms with Gasteiger partial charge in [-0.25, -0.2) is 9.59 Å². The van der Waals surface area contributed by atoms with Gasteiger partial charge in [-0.05, 0) is 47.5 Å². The van der Waals surface area contributed by atoms with Crippen LogP contribution in [0.15, 0.2) is 36.4 Å². The molecule has 0 aliphatic carbocycles. The predicted octanol–water partition coefficient (Wildman–Crippen LogP) is -0.722. The average Bonchev–Trinajstić information content (AvgIpc) is 2.38. The third kappa shape index (κ3) is 3.55. The maximum atomic E-state index is 11.2. The quantitative estimate of drug-likeness (QED) is 0.556. The molecule has 0 saturated heterocycles. The number of rotatable bonds is 3. The van der Waals surface area contributed by atoms with Gasteiger partial charge in [-0.15, -0.1) is 0 Å². The second-order valence-electron chi connectivity index (χ2n) is 4.07. The first-order chi connectivity index (χ1) is 9.40. The number of carboxylic acids is 2. The molecule has 0 aliphatic rings. The Balaban J connectivity index is 0.00000220. The zero-order valence-electron chi connectivity index (χ0n) is 12.1. The van der Waals surface area contributed by atoms with Crippen LogP contribution in [0.4, 0.5) is 0 Å². The third-order valence-corrected chi connectivity index (χ3v) is 2.76. The molecule has 7 heteroatoms. The Bertz CT molecular complexity index is 655. The normalized spacial score (nSPS) is 9.71. The summed E-state index contributed by atoms with van der Waals surface area (Å²) in [4.78, 5) is 22.4. The van der Waals surface area contributed by atoms with Crippen molar-refractivity contribution in [2.24, 2.45) is 0 Å². The summed E-state index contributed by atoms with van der Waals surface area (Å²) in [5.41, 5.74) is -0.156. The van der Waals surface area contributed by atoms with Gasteiger partial charge in [-0.1, -0.05) is 0 Å². The fourth-order valence-corrected chi connectivity index (χ4v) is 1.89. The molecule has 0 saturated carbocycles. The van der Waals surface area contributed by atoms with Crippen LogP contribution in [0, 0.1) is 0 Å². The minimum Gasteiger partial charge on any atom is -1.00 e. The van der Waals surface area contributed by atoms with E-state index < -0.39 is 11.9 Å². The van der Waals surface area contributed by atoms with Crippen LogP contribution in [0.25, 0.3) is 11.1 Å². The summed E-state index contributed by atoms with van der Waals surface area (Å²) in [6.45, 7) is 0. The van der Waals surface area contributed by atoms with Gasteiger partial charge in [0, 0.05) is 0 Å². The molecule has 0 radical (unpaired) electrons. The van der Waals surface area contributed by atoms with E-state index in [0.29, 0.717) is 0 Å². The predicted molar refractivity (Wildman–Crippen MR) is 70.2 cm³/mol. The number of aromatic hydroxyl groups is 2. The van der Waals surface area contributed by atoms with Crippen molar-refractivity contribution in [2.45, 2.75) is 0 Å². The first-order valence-electron chi connectivity index (χ1n) is 5.53. The average molecular weight is 298 g/mol. The Morgan fingerprint density at radius 2 is 1.10 bits per heavy atom. The molecule has 2 aromatic rings. The van der Waals surface area contributed by atoms with E-state index in [-0.39, 0.29) is 64.7 Å². The monoisotopic (exact) mass is 298 g/mol. The zero-order chi connectivity index (χ0) is 14.9. The van der Waals surface area contributed by atoms with E-state index in [0.717, 1.165) is 12.1 Å². The van der Waals surface area contributed by atoms with E-state index >= 15 is 0 Å². The number of benzene rings is 2. The molecule has 2 rings (SSSR count). The molecule has 0 bridgehead atoms. The maximum Gasteiger partial charge on any atom is 1.00 e. The van der Waals surface area contributed by atoms with E-state index in [4.69, 9.17) is 10.2 Å². The standard InChI is InChI=1S/C14H10O6.Na.H/c15-7-1-3-9(11(5-7)13(17)18)10-4-2-8(16)6-12(10)14(19)20;;/h1-6,15-16H,(H,17,18)(H,19,20);;/q;+1;-1. The second kappa shape index (κ2) is 6.62. The molecule has 0 aliphatic heterocycles. The number of hydrogen-bond donors (Lipinski definition) is 4. The van der Waals surface area contributed by atoms with Gasteiger partial charge in [0.15, 0.2) is 0 Å². The van der Waals surface area contributed by atoms with Crippen molar-refractivity contribution < 1.29 is 61.0 Å². The Labute approximate surface area is 143 Å². The van der Waals surface area contributed by atoms with Gasteiger partial charge in [0.25, 0.3) is 0 Å². The molecule has 21 heavy (non-hydrogen) atoms. The second-order valence-corrected chi connectivity index (χ2v) is 4.07. The first kappa shape index (κ1) is 17.0.